The first-order valence-corrected chi connectivity index (χ1v) is 9.49. The molecule has 2 amide bonds. The molecule has 1 aliphatic carbocycles. The molecule has 0 spiro atoms. The van der Waals surface area contributed by atoms with Crippen molar-refractivity contribution in [1.82, 2.24) is 10.9 Å². The second kappa shape index (κ2) is 9.48. The van der Waals surface area contributed by atoms with Gasteiger partial charge in [0.2, 0.25) is 0 Å². The average molecular weight is 417 g/mol. The lowest BCUT2D eigenvalue weighted by Gasteiger charge is -2.15. The van der Waals surface area contributed by atoms with E-state index in [1.54, 1.807) is 48.5 Å². The van der Waals surface area contributed by atoms with Crippen molar-refractivity contribution in [1.29, 1.82) is 0 Å². The maximum Gasteiger partial charge on any atom is 0.271 e. The highest BCUT2D eigenvalue weighted by Crippen LogP contribution is 2.15. The standard InChI is InChI=1S/C20H18Cl2N4O2/c21-15-5-1-3-13(11-15)19(27)25-23-17-7-9-18(10-8-17)24-26-20(28)14-4-2-6-16(22)12-14/h1-6,11-12H,7-10H2,(H,25,27)(H,26,28). The maximum atomic E-state index is 12.1. The van der Waals surface area contributed by atoms with Crippen LogP contribution >= 0.6 is 23.2 Å². The zero-order valence-electron chi connectivity index (χ0n) is 14.9. The summed E-state index contributed by atoms with van der Waals surface area (Å²) in [6.07, 6.45) is 2.67. The lowest BCUT2D eigenvalue weighted by molar-refractivity contribution is 0.0946. The van der Waals surface area contributed by atoms with Crippen molar-refractivity contribution in [2.45, 2.75) is 25.7 Å². The molecule has 0 heterocycles. The number of nitrogens with zero attached hydrogens (tertiary/aromatic N) is 2. The second-order valence-corrected chi connectivity index (χ2v) is 7.13. The van der Waals surface area contributed by atoms with Gasteiger partial charge in [0, 0.05) is 32.6 Å². The van der Waals surface area contributed by atoms with Gasteiger partial charge in [-0.25, -0.2) is 10.9 Å². The molecule has 0 radical (unpaired) electrons. The van der Waals surface area contributed by atoms with Crippen molar-refractivity contribution >= 4 is 46.4 Å². The molecule has 0 bridgehead atoms. The molecule has 6 nitrogen and oxygen atoms in total. The summed E-state index contributed by atoms with van der Waals surface area (Å²) < 4.78 is 0. The fraction of sp³-hybridized carbons (Fsp3) is 0.200. The number of carbonyl (C=O) groups excluding carboxylic acids is 2. The van der Waals surface area contributed by atoms with E-state index in [1.807, 2.05) is 0 Å². The van der Waals surface area contributed by atoms with E-state index in [9.17, 15) is 9.59 Å². The summed E-state index contributed by atoms with van der Waals surface area (Å²) in [6.45, 7) is 0. The molecule has 0 atom stereocenters. The number of nitrogens with one attached hydrogen (secondary N) is 2. The van der Waals surface area contributed by atoms with Crippen molar-refractivity contribution in [3.63, 3.8) is 0 Å². The van der Waals surface area contributed by atoms with Gasteiger partial charge in [-0.3, -0.25) is 9.59 Å². The number of hydrogen-bond acceptors (Lipinski definition) is 4. The number of carbonyl (C=O) groups is 2. The molecule has 2 aromatic carbocycles. The van der Waals surface area contributed by atoms with Gasteiger partial charge < -0.3 is 0 Å². The second-order valence-electron chi connectivity index (χ2n) is 6.26. The van der Waals surface area contributed by atoms with Crippen molar-refractivity contribution < 1.29 is 9.59 Å². The van der Waals surface area contributed by atoms with Crippen LogP contribution in [0, 0.1) is 0 Å². The van der Waals surface area contributed by atoms with Gasteiger partial charge >= 0.3 is 0 Å². The lowest BCUT2D eigenvalue weighted by Crippen LogP contribution is -2.24. The van der Waals surface area contributed by atoms with Crippen molar-refractivity contribution in [2.24, 2.45) is 10.2 Å². The van der Waals surface area contributed by atoms with Gasteiger partial charge in [-0.05, 0) is 62.1 Å². The zero-order chi connectivity index (χ0) is 19.9. The average Bonchev–Trinajstić information content (AvgIpc) is 2.71. The van der Waals surface area contributed by atoms with E-state index in [4.69, 9.17) is 23.2 Å². The Morgan fingerprint density at radius 2 is 1.11 bits per heavy atom. The Morgan fingerprint density at radius 3 is 1.46 bits per heavy atom. The molecule has 2 N–H and O–H groups in total. The SMILES string of the molecule is O=C(NN=C1CCC(=NNC(=O)c2cccc(Cl)c2)CC1)c1cccc(Cl)c1. The Bertz CT molecular complexity index is 867. The molecule has 1 saturated carbocycles. The lowest BCUT2D eigenvalue weighted by atomic mass is 9.97. The van der Waals surface area contributed by atoms with Crippen LogP contribution < -0.4 is 10.9 Å². The minimum absolute atomic E-state index is 0.303. The summed E-state index contributed by atoms with van der Waals surface area (Å²) >= 11 is 11.8. The molecule has 8 heteroatoms. The van der Waals surface area contributed by atoms with Crippen LogP contribution in [-0.2, 0) is 0 Å². The number of hydrazone groups is 2. The smallest absolute Gasteiger partial charge is 0.267 e. The van der Waals surface area contributed by atoms with E-state index in [0.717, 1.165) is 11.4 Å². The summed E-state index contributed by atoms with van der Waals surface area (Å²) in [5.41, 5.74) is 7.80. The van der Waals surface area contributed by atoms with Gasteiger partial charge in [-0.1, -0.05) is 35.3 Å². The van der Waals surface area contributed by atoms with E-state index in [1.165, 1.54) is 0 Å². The highest BCUT2D eigenvalue weighted by atomic mass is 35.5. The molecule has 2 aromatic rings. The monoisotopic (exact) mass is 416 g/mol. The third-order valence-corrected chi connectivity index (χ3v) is 4.68. The van der Waals surface area contributed by atoms with Gasteiger partial charge in [0.25, 0.3) is 11.8 Å². The molecular weight excluding hydrogens is 399 g/mol. The Labute approximate surface area is 172 Å². The fourth-order valence-electron chi connectivity index (χ4n) is 2.70. The first kappa shape index (κ1) is 20.0. The predicted molar refractivity (Wildman–Crippen MR) is 111 cm³/mol. The van der Waals surface area contributed by atoms with Crippen LogP contribution in [0.5, 0.6) is 0 Å². The minimum atomic E-state index is -0.303. The molecule has 1 aliphatic rings. The summed E-state index contributed by atoms with van der Waals surface area (Å²) in [6, 6.07) is 13.4. The Hall–Kier alpha value is -2.70. The highest BCUT2D eigenvalue weighted by molar-refractivity contribution is 6.31. The fourth-order valence-corrected chi connectivity index (χ4v) is 3.08. The third-order valence-electron chi connectivity index (χ3n) is 4.21. The van der Waals surface area contributed by atoms with Crippen LogP contribution in [0.2, 0.25) is 10.0 Å². The number of rotatable bonds is 4. The first-order valence-electron chi connectivity index (χ1n) is 8.74. The molecule has 0 unspecified atom stereocenters. The summed E-state index contributed by atoms with van der Waals surface area (Å²) in [5.74, 6) is -0.605. The Balaban J connectivity index is 1.49. The molecule has 144 valence electrons. The predicted octanol–water partition coefficient (Wildman–Crippen LogP) is 4.44. The van der Waals surface area contributed by atoms with Gasteiger partial charge in [0.1, 0.15) is 0 Å². The molecule has 0 aromatic heterocycles. The van der Waals surface area contributed by atoms with E-state index in [0.29, 0.717) is 46.9 Å². The van der Waals surface area contributed by atoms with Gasteiger partial charge in [-0.2, -0.15) is 10.2 Å². The van der Waals surface area contributed by atoms with Gasteiger partial charge in [0.15, 0.2) is 0 Å². The largest absolute Gasteiger partial charge is 0.271 e. The van der Waals surface area contributed by atoms with Crippen molar-refractivity contribution in [2.75, 3.05) is 0 Å². The van der Waals surface area contributed by atoms with E-state index in [2.05, 4.69) is 21.1 Å². The minimum Gasteiger partial charge on any atom is -0.267 e. The number of benzene rings is 2. The Kier molecular flexibility index (Phi) is 6.79. The molecule has 0 saturated heterocycles. The number of halogens is 2. The van der Waals surface area contributed by atoms with Crippen LogP contribution in [-0.4, -0.2) is 23.2 Å². The van der Waals surface area contributed by atoms with Crippen molar-refractivity contribution in [3.05, 3.63) is 69.7 Å². The summed E-state index contributed by atoms with van der Waals surface area (Å²) in [7, 11) is 0. The van der Waals surface area contributed by atoms with Crippen LogP contribution in [0.1, 0.15) is 46.4 Å². The topological polar surface area (TPSA) is 82.9 Å². The van der Waals surface area contributed by atoms with Gasteiger partial charge in [-0.15, -0.1) is 0 Å². The quantitative estimate of drug-likeness (QED) is 0.721. The van der Waals surface area contributed by atoms with E-state index in [-0.39, 0.29) is 11.8 Å². The molecule has 3 rings (SSSR count). The highest BCUT2D eigenvalue weighted by Gasteiger charge is 2.15. The van der Waals surface area contributed by atoms with E-state index >= 15 is 0 Å². The van der Waals surface area contributed by atoms with Crippen LogP contribution in [0.25, 0.3) is 0 Å². The van der Waals surface area contributed by atoms with E-state index < -0.39 is 0 Å². The summed E-state index contributed by atoms with van der Waals surface area (Å²) in [4.78, 5) is 24.2. The maximum absolute atomic E-state index is 12.1. The molecule has 0 aliphatic heterocycles. The summed E-state index contributed by atoms with van der Waals surface area (Å²) in [5, 5.41) is 9.38. The van der Waals surface area contributed by atoms with Crippen LogP contribution in [0.15, 0.2) is 58.7 Å². The third kappa shape index (κ3) is 5.65. The van der Waals surface area contributed by atoms with Crippen molar-refractivity contribution in [3.8, 4) is 0 Å². The molecule has 1 fully saturated rings. The molecular formula is C20H18Cl2N4O2. The number of hydrogen-bond donors (Lipinski definition) is 2. The molecule has 28 heavy (non-hydrogen) atoms. The Morgan fingerprint density at radius 1 is 0.714 bits per heavy atom. The van der Waals surface area contributed by atoms with Crippen LogP contribution in [0.4, 0.5) is 0 Å². The normalized spacial score (nSPS) is 13.6. The first-order chi connectivity index (χ1) is 13.5. The van der Waals surface area contributed by atoms with Crippen LogP contribution in [0.3, 0.4) is 0 Å². The van der Waals surface area contributed by atoms with Gasteiger partial charge in [0.05, 0.1) is 0 Å². The zero-order valence-corrected chi connectivity index (χ0v) is 16.4. The number of amides is 2.